The SMILES string of the molecule is C.CNS(=O)(=O)c1ccc(NC(=O)c2cc(-c3cc(C)sc3C)nc3onc(C)c23)cc1. The van der Waals surface area contributed by atoms with Gasteiger partial charge in [-0.1, -0.05) is 12.6 Å². The smallest absolute Gasteiger partial charge is 0.259 e. The first-order chi connectivity index (χ1) is 14.7. The van der Waals surface area contributed by atoms with Crippen LogP contribution in [0.5, 0.6) is 0 Å². The number of anilines is 1. The van der Waals surface area contributed by atoms with Crippen molar-refractivity contribution in [2.75, 3.05) is 12.4 Å². The second kappa shape index (κ2) is 8.81. The van der Waals surface area contributed by atoms with Crippen LogP contribution < -0.4 is 10.0 Å². The third-order valence-corrected chi connectivity index (χ3v) is 7.27. The van der Waals surface area contributed by atoms with Crippen molar-refractivity contribution in [1.29, 1.82) is 0 Å². The molecule has 0 aliphatic carbocycles. The molecule has 3 aromatic heterocycles. The average Bonchev–Trinajstić information content (AvgIpc) is 3.29. The van der Waals surface area contributed by atoms with E-state index in [2.05, 4.69) is 20.2 Å². The summed E-state index contributed by atoms with van der Waals surface area (Å²) in [6.45, 7) is 5.77. The molecule has 0 fully saturated rings. The Bertz CT molecular complexity index is 1400. The average molecular weight is 473 g/mol. The van der Waals surface area contributed by atoms with Gasteiger partial charge in [0, 0.05) is 21.0 Å². The van der Waals surface area contributed by atoms with Gasteiger partial charge in [-0.25, -0.2) is 18.1 Å². The first-order valence-corrected chi connectivity index (χ1v) is 11.7. The maximum absolute atomic E-state index is 13.2. The van der Waals surface area contributed by atoms with Crippen molar-refractivity contribution in [3.8, 4) is 11.3 Å². The lowest BCUT2D eigenvalue weighted by Gasteiger charge is -2.09. The zero-order valence-corrected chi connectivity index (χ0v) is 18.9. The van der Waals surface area contributed by atoms with Crippen LogP contribution in [-0.4, -0.2) is 31.5 Å². The maximum Gasteiger partial charge on any atom is 0.259 e. The Kier molecular flexibility index (Phi) is 6.49. The minimum Gasteiger partial charge on any atom is -0.335 e. The van der Waals surface area contributed by atoms with Gasteiger partial charge in [0.05, 0.1) is 27.2 Å². The quantitative estimate of drug-likeness (QED) is 0.436. The molecule has 0 radical (unpaired) electrons. The van der Waals surface area contributed by atoms with Gasteiger partial charge in [-0.05, 0) is 64.2 Å². The van der Waals surface area contributed by atoms with E-state index in [9.17, 15) is 13.2 Å². The Labute approximate surface area is 190 Å². The molecule has 4 rings (SSSR count). The van der Waals surface area contributed by atoms with Gasteiger partial charge < -0.3 is 9.84 Å². The first kappa shape index (κ1) is 23.6. The Hall–Kier alpha value is -3.08. The lowest BCUT2D eigenvalue weighted by atomic mass is 10.1. The molecular weight excluding hydrogens is 448 g/mol. The van der Waals surface area contributed by atoms with Crippen LogP contribution in [0.3, 0.4) is 0 Å². The highest BCUT2D eigenvalue weighted by Crippen LogP contribution is 2.33. The van der Waals surface area contributed by atoms with Gasteiger partial charge in [-0.2, -0.15) is 0 Å². The molecule has 0 aliphatic rings. The van der Waals surface area contributed by atoms with Crippen molar-refractivity contribution >= 4 is 44.1 Å². The molecule has 168 valence electrons. The number of rotatable bonds is 5. The van der Waals surface area contributed by atoms with E-state index in [0.29, 0.717) is 33.7 Å². The fraction of sp³-hybridized carbons (Fsp3) is 0.227. The Morgan fingerprint density at radius 3 is 2.38 bits per heavy atom. The van der Waals surface area contributed by atoms with Crippen LogP contribution in [-0.2, 0) is 10.0 Å². The van der Waals surface area contributed by atoms with E-state index in [1.165, 1.54) is 31.3 Å². The highest BCUT2D eigenvalue weighted by atomic mass is 32.2. The van der Waals surface area contributed by atoms with E-state index in [1.807, 2.05) is 19.9 Å². The lowest BCUT2D eigenvalue weighted by Crippen LogP contribution is -2.18. The summed E-state index contributed by atoms with van der Waals surface area (Å²) in [5.74, 6) is -0.367. The summed E-state index contributed by atoms with van der Waals surface area (Å²) in [7, 11) is -2.21. The predicted molar refractivity (Wildman–Crippen MR) is 127 cm³/mol. The van der Waals surface area contributed by atoms with E-state index in [4.69, 9.17) is 4.52 Å². The molecule has 1 amide bonds. The predicted octanol–water partition coefficient (Wildman–Crippen LogP) is 4.67. The minimum absolute atomic E-state index is 0. The third-order valence-electron chi connectivity index (χ3n) is 4.87. The number of nitrogens with one attached hydrogen (secondary N) is 2. The van der Waals surface area contributed by atoms with Crippen molar-refractivity contribution in [2.45, 2.75) is 33.1 Å². The van der Waals surface area contributed by atoms with Crippen molar-refractivity contribution in [2.24, 2.45) is 0 Å². The van der Waals surface area contributed by atoms with Gasteiger partial charge in [-0.15, -0.1) is 11.3 Å². The molecule has 0 atom stereocenters. The van der Waals surface area contributed by atoms with Crippen LogP contribution in [0, 0.1) is 20.8 Å². The molecule has 8 nitrogen and oxygen atoms in total. The lowest BCUT2D eigenvalue weighted by molar-refractivity contribution is 0.102. The van der Waals surface area contributed by atoms with Crippen LogP contribution >= 0.6 is 11.3 Å². The monoisotopic (exact) mass is 472 g/mol. The highest BCUT2D eigenvalue weighted by Gasteiger charge is 2.21. The molecule has 1 aromatic carbocycles. The number of thiophene rings is 1. The van der Waals surface area contributed by atoms with E-state index in [0.717, 1.165) is 15.3 Å². The van der Waals surface area contributed by atoms with Crippen LogP contribution in [0.4, 0.5) is 5.69 Å². The number of aryl methyl sites for hydroxylation is 3. The molecule has 0 saturated carbocycles. The summed E-state index contributed by atoms with van der Waals surface area (Å²) in [4.78, 5) is 20.1. The number of nitrogens with zero attached hydrogens (tertiary/aromatic N) is 2. The van der Waals surface area contributed by atoms with Gasteiger partial charge in [-0.3, -0.25) is 4.79 Å². The molecule has 10 heteroatoms. The molecule has 0 aliphatic heterocycles. The minimum atomic E-state index is -3.55. The molecule has 0 unspecified atom stereocenters. The summed E-state index contributed by atoms with van der Waals surface area (Å²) >= 11 is 1.66. The Morgan fingerprint density at radius 1 is 1.09 bits per heavy atom. The molecule has 2 N–H and O–H groups in total. The van der Waals surface area contributed by atoms with Gasteiger partial charge >= 0.3 is 0 Å². The molecule has 0 spiro atoms. The van der Waals surface area contributed by atoms with Crippen LogP contribution in [0.2, 0.25) is 0 Å². The first-order valence-electron chi connectivity index (χ1n) is 9.39. The number of carbonyl (C=O) groups excluding carboxylic acids is 1. The van der Waals surface area contributed by atoms with Gasteiger partial charge in [0.1, 0.15) is 0 Å². The van der Waals surface area contributed by atoms with E-state index < -0.39 is 10.0 Å². The second-order valence-electron chi connectivity index (χ2n) is 7.02. The molecule has 0 saturated heterocycles. The zero-order valence-electron chi connectivity index (χ0n) is 17.3. The molecule has 32 heavy (non-hydrogen) atoms. The Balaban J connectivity index is 0.00000289. The van der Waals surface area contributed by atoms with Crippen molar-refractivity contribution in [1.82, 2.24) is 14.9 Å². The Morgan fingerprint density at radius 2 is 1.78 bits per heavy atom. The number of fused-ring (bicyclic) bond motifs is 1. The molecule has 4 aromatic rings. The molecular formula is C22H24N4O4S2. The number of amides is 1. The van der Waals surface area contributed by atoms with E-state index >= 15 is 0 Å². The van der Waals surface area contributed by atoms with Gasteiger partial charge in [0.15, 0.2) is 0 Å². The van der Waals surface area contributed by atoms with Crippen LogP contribution in [0.15, 0.2) is 45.8 Å². The van der Waals surface area contributed by atoms with Gasteiger partial charge in [0.2, 0.25) is 10.0 Å². The molecule has 3 heterocycles. The number of carbonyl (C=O) groups is 1. The maximum atomic E-state index is 13.2. The largest absolute Gasteiger partial charge is 0.335 e. The number of sulfonamides is 1. The number of pyridine rings is 1. The van der Waals surface area contributed by atoms with E-state index in [-0.39, 0.29) is 18.2 Å². The third kappa shape index (κ3) is 4.29. The van der Waals surface area contributed by atoms with Crippen LogP contribution in [0.1, 0.15) is 33.2 Å². The second-order valence-corrected chi connectivity index (χ2v) is 10.4. The normalized spacial score (nSPS) is 11.4. The zero-order chi connectivity index (χ0) is 22.3. The highest BCUT2D eigenvalue weighted by molar-refractivity contribution is 7.89. The van der Waals surface area contributed by atoms with Crippen molar-refractivity contribution in [3.63, 3.8) is 0 Å². The van der Waals surface area contributed by atoms with E-state index in [1.54, 1.807) is 24.3 Å². The van der Waals surface area contributed by atoms with Crippen molar-refractivity contribution < 1.29 is 17.7 Å². The fourth-order valence-electron chi connectivity index (χ4n) is 3.33. The molecule has 0 bridgehead atoms. The topological polar surface area (TPSA) is 114 Å². The van der Waals surface area contributed by atoms with Crippen molar-refractivity contribution in [3.05, 3.63) is 57.4 Å². The number of aromatic nitrogens is 2. The standard InChI is InChI=1S/C21H20N4O4S2.CH4/c1-11-9-16(13(3)30-11)18-10-17(19-12(2)25-29-21(19)24-18)20(26)23-14-5-7-15(8-6-14)31(27,28)22-4;/h5-10,22H,1-4H3,(H,23,26);1H4. The van der Waals surface area contributed by atoms with Gasteiger partial charge in [0.25, 0.3) is 11.6 Å². The summed E-state index contributed by atoms with van der Waals surface area (Å²) in [6.07, 6.45) is 0. The summed E-state index contributed by atoms with van der Waals surface area (Å²) in [5.41, 5.74) is 3.27. The number of hydrogen-bond donors (Lipinski definition) is 2. The number of benzene rings is 1. The fourth-order valence-corrected chi connectivity index (χ4v) is 4.99. The summed E-state index contributed by atoms with van der Waals surface area (Å²) in [5, 5.41) is 7.32. The summed E-state index contributed by atoms with van der Waals surface area (Å²) in [6, 6.07) is 9.69. The summed E-state index contributed by atoms with van der Waals surface area (Å²) < 4.78 is 31.4. The van der Waals surface area contributed by atoms with Crippen LogP contribution in [0.25, 0.3) is 22.4 Å². The number of hydrogen-bond acceptors (Lipinski definition) is 7.